The fraction of sp³-hybridized carbons (Fsp3) is 0.909. The Morgan fingerprint density at radius 1 is 1.44 bits per heavy atom. The molecule has 104 valence electrons. The average molecular weight is 276 g/mol. The number of aliphatic carboxylic acids is 1. The van der Waals surface area contributed by atoms with Crippen LogP contribution in [0.25, 0.3) is 0 Å². The Bertz CT molecular complexity index is 423. The van der Waals surface area contributed by atoms with Crippen molar-refractivity contribution >= 4 is 16.2 Å². The topological polar surface area (TPSA) is 86.7 Å². The highest BCUT2D eigenvalue weighted by Gasteiger charge is 2.51. The summed E-state index contributed by atoms with van der Waals surface area (Å²) in [4.78, 5) is 11.3. The van der Waals surface area contributed by atoms with E-state index < -0.39 is 22.2 Å². The van der Waals surface area contributed by atoms with Crippen LogP contribution in [-0.2, 0) is 15.0 Å². The summed E-state index contributed by atoms with van der Waals surface area (Å²) in [5.74, 6) is -0.823. The number of hydrogen-bond donors (Lipinski definition) is 2. The highest BCUT2D eigenvalue weighted by molar-refractivity contribution is 7.87. The summed E-state index contributed by atoms with van der Waals surface area (Å²) >= 11 is 0. The second-order valence-corrected chi connectivity index (χ2v) is 6.81. The molecule has 0 aromatic rings. The minimum Gasteiger partial charge on any atom is -0.480 e. The molecule has 1 saturated heterocycles. The van der Waals surface area contributed by atoms with E-state index in [-0.39, 0.29) is 11.8 Å². The fourth-order valence-electron chi connectivity index (χ4n) is 3.13. The zero-order valence-electron chi connectivity index (χ0n) is 10.5. The zero-order valence-corrected chi connectivity index (χ0v) is 11.3. The molecule has 2 rings (SSSR count). The van der Waals surface area contributed by atoms with E-state index in [0.29, 0.717) is 19.5 Å². The number of nitrogens with zero attached hydrogens (tertiary/aromatic N) is 1. The van der Waals surface area contributed by atoms with Gasteiger partial charge in [0.15, 0.2) is 0 Å². The molecule has 1 aliphatic carbocycles. The SMILES string of the molecule is CCCNS(=O)(=O)N1CC2CCCC2C1C(=O)O. The van der Waals surface area contributed by atoms with Gasteiger partial charge in [-0.1, -0.05) is 13.3 Å². The van der Waals surface area contributed by atoms with Gasteiger partial charge in [-0.15, -0.1) is 0 Å². The van der Waals surface area contributed by atoms with Gasteiger partial charge < -0.3 is 5.11 Å². The van der Waals surface area contributed by atoms with Gasteiger partial charge >= 0.3 is 5.97 Å². The summed E-state index contributed by atoms with van der Waals surface area (Å²) in [6.45, 7) is 2.57. The van der Waals surface area contributed by atoms with Crippen molar-refractivity contribution in [1.29, 1.82) is 0 Å². The van der Waals surface area contributed by atoms with Gasteiger partial charge in [-0.3, -0.25) is 4.79 Å². The molecule has 0 aromatic carbocycles. The monoisotopic (exact) mass is 276 g/mol. The molecule has 3 unspecified atom stereocenters. The first-order valence-corrected chi connectivity index (χ1v) is 7.90. The summed E-state index contributed by atoms with van der Waals surface area (Å²) in [5.41, 5.74) is 0. The molecule has 3 atom stereocenters. The molecule has 7 heteroatoms. The summed E-state index contributed by atoms with van der Waals surface area (Å²) in [6.07, 6.45) is 3.46. The zero-order chi connectivity index (χ0) is 13.3. The van der Waals surface area contributed by atoms with Gasteiger partial charge in [0.05, 0.1) is 0 Å². The lowest BCUT2D eigenvalue weighted by Gasteiger charge is -2.23. The molecule has 0 radical (unpaired) electrons. The Balaban J connectivity index is 2.19. The first-order valence-electron chi connectivity index (χ1n) is 6.46. The van der Waals surface area contributed by atoms with Crippen LogP contribution in [0.5, 0.6) is 0 Å². The number of carboxylic acids is 1. The maximum absolute atomic E-state index is 12.1. The summed E-state index contributed by atoms with van der Waals surface area (Å²) < 4.78 is 27.8. The van der Waals surface area contributed by atoms with Crippen LogP contribution in [0.1, 0.15) is 32.6 Å². The molecular formula is C11H20N2O4S. The van der Waals surface area contributed by atoms with E-state index in [4.69, 9.17) is 0 Å². The van der Waals surface area contributed by atoms with Crippen LogP contribution >= 0.6 is 0 Å². The lowest BCUT2D eigenvalue weighted by atomic mass is 9.94. The van der Waals surface area contributed by atoms with E-state index in [2.05, 4.69) is 4.72 Å². The van der Waals surface area contributed by atoms with E-state index in [1.54, 1.807) is 0 Å². The fourth-order valence-corrected chi connectivity index (χ4v) is 4.70. The lowest BCUT2D eigenvalue weighted by molar-refractivity contribution is -0.142. The van der Waals surface area contributed by atoms with Crippen LogP contribution < -0.4 is 4.72 Å². The summed E-state index contributed by atoms with van der Waals surface area (Å²) in [6, 6.07) is -0.883. The molecule has 18 heavy (non-hydrogen) atoms. The van der Waals surface area contributed by atoms with Crippen LogP contribution in [0.2, 0.25) is 0 Å². The maximum Gasteiger partial charge on any atom is 0.322 e. The number of fused-ring (bicyclic) bond motifs is 1. The third-order valence-electron chi connectivity index (χ3n) is 3.94. The molecule has 2 fully saturated rings. The van der Waals surface area contributed by atoms with Gasteiger partial charge in [-0.25, -0.2) is 4.72 Å². The standard InChI is InChI=1S/C11H20N2O4S/c1-2-6-12-18(16,17)13-7-8-4-3-5-9(8)10(13)11(14)15/h8-10,12H,2-7H2,1H3,(H,14,15). The van der Waals surface area contributed by atoms with Crippen LogP contribution in [-0.4, -0.2) is 42.9 Å². The minimum atomic E-state index is -3.66. The van der Waals surface area contributed by atoms with E-state index in [1.807, 2.05) is 6.92 Å². The van der Waals surface area contributed by atoms with Gasteiger partial charge in [-0.2, -0.15) is 12.7 Å². The van der Waals surface area contributed by atoms with Gasteiger partial charge in [0, 0.05) is 13.1 Å². The van der Waals surface area contributed by atoms with Crippen LogP contribution in [0, 0.1) is 11.8 Å². The Hall–Kier alpha value is -0.660. The molecule has 0 spiro atoms. The minimum absolute atomic E-state index is 0.0132. The van der Waals surface area contributed by atoms with E-state index >= 15 is 0 Å². The molecular weight excluding hydrogens is 256 g/mol. The van der Waals surface area contributed by atoms with Gasteiger partial charge in [-0.05, 0) is 31.1 Å². The van der Waals surface area contributed by atoms with Crippen molar-refractivity contribution in [3.63, 3.8) is 0 Å². The van der Waals surface area contributed by atoms with Crippen molar-refractivity contribution < 1.29 is 18.3 Å². The van der Waals surface area contributed by atoms with Gasteiger partial charge in [0.1, 0.15) is 6.04 Å². The largest absolute Gasteiger partial charge is 0.480 e. The van der Waals surface area contributed by atoms with Crippen molar-refractivity contribution in [2.75, 3.05) is 13.1 Å². The molecule has 0 bridgehead atoms. The summed E-state index contributed by atoms with van der Waals surface area (Å²) in [5, 5.41) is 9.29. The first-order chi connectivity index (χ1) is 8.47. The van der Waals surface area contributed by atoms with Crippen molar-refractivity contribution in [3.05, 3.63) is 0 Å². The predicted molar refractivity (Wildman–Crippen MR) is 66.2 cm³/mol. The van der Waals surface area contributed by atoms with Crippen molar-refractivity contribution in [2.45, 2.75) is 38.6 Å². The Morgan fingerprint density at radius 3 is 2.78 bits per heavy atom. The second kappa shape index (κ2) is 5.14. The molecule has 0 amide bonds. The lowest BCUT2D eigenvalue weighted by Crippen LogP contribution is -2.48. The number of hydrogen-bond acceptors (Lipinski definition) is 3. The van der Waals surface area contributed by atoms with Crippen LogP contribution in [0.3, 0.4) is 0 Å². The highest BCUT2D eigenvalue weighted by Crippen LogP contribution is 2.43. The highest BCUT2D eigenvalue weighted by atomic mass is 32.2. The van der Waals surface area contributed by atoms with Gasteiger partial charge in [0.25, 0.3) is 10.2 Å². The third kappa shape index (κ3) is 2.39. The van der Waals surface area contributed by atoms with E-state index in [1.165, 1.54) is 0 Å². The van der Waals surface area contributed by atoms with Crippen molar-refractivity contribution in [2.24, 2.45) is 11.8 Å². The Kier molecular flexibility index (Phi) is 3.93. The molecule has 2 N–H and O–H groups in total. The summed E-state index contributed by atoms with van der Waals surface area (Å²) in [7, 11) is -3.66. The Labute approximate surface area is 108 Å². The quantitative estimate of drug-likeness (QED) is 0.761. The second-order valence-electron chi connectivity index (χ2n) is 5.11. The smallest absolute Gasteiger partial charge is 0.322 e. The molecule has 1 heterocycles. The number of nitrogens with one attached hydrogen (secondary N) is 1. The van der Waals surface area contributed by atoms with E-state index in [9.17, 15) is 18.3 Å². The third-order valence-corrected chi connectivity index (χ3v) is 5.51. The molecule has 0 aromatic heterocycles. The molecule has 1 aliphatic heterocycles. The number of carboxylic acid groups (broad SMARTS) is 1. The Morgan fingerprint density at radius 2 is 2.17 bits per heavy atom. The average Bonchev–Trinajstić information content (AvgIpc) is 2.84. The van der Waals surface area contributed by atoms with Crippen LogP contribution in [0.15, 0.2) is 0 Å². The van der Waals surface area contributed by atoms with Gasteiger partial charge in [0.2, 0.25) is 0 Å². The van der Waals surface area contributed by atoms with Crippen LogP contribution in [0.4, 0.5) is 0 Å². The van der Waals surface area contributed by atoms with Crippen molar-refractivity contribution in [3.8, 4) is 0 Å². The van der Waals surface area contributed by atoms with Crippen molar-refractivity contribution in [1.82, 2.24) is 9.03 Å². The number of rotatable bonds is 5. The normalized spacial score (nSPS) is 32.6. The first kappa shape index (κ1) is 13.8. The van der Waals surface area contributed by atoms with E-state index in [0.717, 1.165) is 23.6 Å². The predicted octanol–water partition coefficient (Wildman–Crippen LogP) is 0.416. The number of carbonyl (C=O) groups is 1. The maximum atomic E-state index is 12.1. The molecule has 2 aliphatic rings. The molecule has 1 saturated carbocycles. The molecule has 6 nitrogen and oxygen atoms in total.